The van der Waals surface area contributed by atoms with Crippen molar-refractivity contribution < 1.29 is 40.7 Å². The van der Waals surface area contributed by atoms with E-state index in [0.717, 1.165) is 0 Å². The van der Waals surface area contributed by atoms with Crippen molar-refractivity contribution in [2.75, 3.05) is 12.5 Å². The zero-order chi connectivity index (χ0) is 26.2. The zero-order valence-corrected chi connectivity index (χ0v) is 18.7. The lowest BCUT2D eigenvalue weighted by molar-refractivity contribution is -0.143. The van der Waals surface area contributed by atoms with Crippen LogP contribution in [0.5, 0.6) is 5.75 Å². The third kappa shape index (κ3) is 8.72. The highest BCUT2D eigenvalue weighted by Crippen LogP contribution is 2.36. The van der Waals surface area contributed by atoms with Crippen LogP contribution < -0.4 is 15.4 Å². The second-order valence-corrected chi connectivity index (χ2v) is 7.49. The van der Waals surface area contributed by atoms with Crippen molar-refractivity contribution in [3.05, 3.63) is 64.7 Å². The first kappa shape index (κ1) is 27.9. The van der Waals surface area contributed by atoms with E-state index in [-0.39, 0.29) is 19.1 Å². The Balaban J connectivity index is 2.19. The lowest BCUT2D eigenvalue weighted by atomic mass is 10.0. The smallest absolute Gasteiger partial charge is 0.416 e. The van der Waals surface area contributed by atoms with Gasteiger partial charge in [0.15, 0.2) is 0 Å². The number of hydrogen-bond acceptors (Lipinski definition) is 3. The Labute approximate surface area is 201 Å². The fourth-order valence-corrected chi connectivity index (χ4v) is 3.04. The number of carbonyl (C=O) groups is 2. The van der Waals surface area contributed by atoms with Crippen LogP contribution in [0, 0.1) is 12.3 Å². The van der Waals surface area contributed by atoms with Crippen molar-refractivity contribution in [1.82, 2.24) is 10.6 Å². The van der Waals surface area contributed by atoms with Crippen LogP contribution in [0.15, 0.2) is 42.5 Å². The molecular weight excluding hydrogens is 502 g/mol. The summed E-state index contributed by atoms with van der Waals surface area (Å²) in [6.07, 6.45) is -4.97. The average Bonchev–Trinajstić information content (AvgIpc) is 2.80. The monoisotopic (exact) mass is 520 g/mol. The topological polar surface area (TPSA) is 67.4 Å². The first-order valence-electron chi connectivity index (χ1n) is 9.90. The van der Waals surface area contributed by atoms with E-state index in [2.05, 4.69) is 16.6 Å². The molecule has 2 amide bonds. The van der Waals surface area contributed by atoms with Crippen LogP contribution in [0.1, 0.15) is 22.3 Å². The second kappa shape index (κ2) is 11.8. The fourth-order valence-electron chi connectivity index (χ4n) is 2.96. The second-order valence-electron chi connectivity index (χ2n) is 7.23. The summed E-state index contributed by atoms with van der Waals surface area (Å²) in [7, 11) is 0. The number of carbonyl (C=O) groups excluding carboxylic acids is 2. The zero-order valence-electron chi connectivity index (χ0n) is 17.9. The molecule has 0 radical (unpaired) electrons. The van der Waals surface area contributed by atoms with E-state index < -0.39 is 59.3 Å². The molecule has 2 N–H and O–H groups in total. The van der Waals surface area contributed by atoms with Crippen LogP contribution in [0.25, 0.3) is 0 Å². The van der Waals surface area contributed by atoms with Gasteiger partial charge in [-0.2, -0.15) is 26.3 Å². The SMILES string of the molecule is C#CCOc1ccc(C[C@H](NC(=O)CCl)C(=O)NCc2cc(C(F)(F)F)cc(C(F)(F)F)c2)cc1. The number of rotatable bonds is 9. The van der Waals surface area contributed by atoms with Gasteiger partial charge in [-0.25, -0.2) is 0 Å². The molecule has 0 saturated carbocycles. The molecule has 0 aliphatic rings. The number of hydrogen-bond donors (Lipinski definition) is 2. The van der Waals surface area contributed by atoms with Gasteiger partial charge in [0.25, 0.3) is 0 Å². The van der Waals surface area contributed by atoms with Crippen LogP contribution in [0.4, 0.5) is 26.3 Å². The summed E-state index contributed by atoms with van der Waals surface area (Å²) in [5.74, 6) is 0.764. The minimum Gasteiger partial charge on any atom is -0.481 e. The van der Waals surface area contributed by atoms with E-state index >= 15 is 0 Å². The number of alkyl halides is 7. The van der Waals surface area contributed by atoms with Crippen molar-refractivity contribution in [2.45, 2.75) is 31.4 Å². The summed E-state index contributed by atoms with van der Waals surface area (Å²) in [5, 5.41) is 4.64. The normalized spacial score (nSPS) is 12.4. The third-order valence-corrected chi connectivity index (χ3v) is 4.82. The van der Waals surface area contributed by atoms with Gasteiger partial charge in [0.05, 0.1) is 11.1 Å². The highest BCUT2D eigenvalue weighted by molar-refractivity contribution is 6.27. The first-order chi connectivity index (χ1) is 16.3. The summed E-state index contributed by atoms with van der Waals surface area (Å²) in [6.45, 7) is -0.598. The first-order valence-corrected chi connectivity index (χ1v) is 10.4. The molecule has 35 heavy (non-hydrogen) atoms. The maximum Gasteiger partial charge on any atom is 0.416 e. The van der Waals surface area contributed by atoms with Gasteiger partial charge < -0.3 is 15.4 Å². The third-order valence-electron chi connectivity index (χ3n) is 4.57. The van der Waals surface area contributed by atoms with Crippen molar-refractivity contribution >= 4 is 23.4 Å². The van der Waals surface area contributed by atoms with Gasteiger partial charge in [-0.3, -0.25) is 9.59 Å². The van der Waals surface area contributed by atoms with Crippen LogP contribution >= 0.6 is 11.6 Å². The lowest BCUT2D eigenvalue weighted by Crippen LogP contribution is -2.48. The largest absolute Gasteiger partial charge is 0.481 e. The van der Waals surface area contributed by atoms with Crippen molar-refractivity contribution in [2.24, 2.45) is 0 Å². The Morgan fingerprint density at radius 1 is 0.971 bits per heavy atom. The van der Waals surface area contributed by atoms with Gasteiger partial charge in [-0.15, -0.1) is 18.0 Å². The number of benzene rings is 2. The standard InChI is InChI=1S/C23H19ClF6N2O3/c1-2-7-35-18-5-3-14(4-6-18)10-19(32-20(33)12-24)21(34)31-13-15-8-16(22(25,26)27)11-17(9-15)23(28,29)30/h1,3-6,8-9,11,19H,7,10,12-13H2,(H,31,34)(H,32,33)/t19-/m0/s1. The van der Waals surface area contributed by atoms with Gasteiger partial charge in [-0.1, -0.05) is 18.1 Å². The Morgan fingerprint density at radius 2 is 1.54 bits per heavy atom. The number of ether oxygens (including phenoxy) is 1. The molecule has 0 heterocycles. The molecule has 5 nitrogen and oxygen atoms in total. The molecule has 0 aliphatic carbocycles. The molecule has 12 heteroatoms. The number of halogens is 7. The fraction of sp³-hybridized carbons (Fsp3) is 0.304. The predicted octanol–water partition coefficient (Wildman–Crippen LogP) is 4.32. The molecule has 2 rings (SSSR count). The van der Waals surface area contributed by atoms with E-state index in [0.29, 0.717) is 23.4 Å². The molecule has 188 valence electrons. The Kier molecular flexibility index (Phi) is 9.42. The highest BCUT2D eigenvalue weighted by atomic mass is 35.5. The molecule has 2 aromatic carbocycles. The molecule has 0 aliphatic heterocycles. The van der Waals surface area contributed by atoms with E-state index in [1.165, 1.54) is 0 Å². The van der Waals surface area contributed by atoms with Gasteiger partial charge in [-0.05, 0) is 41.5 Å². The van der Waals surface area contributed by atoms with Crippen LogP contribution in [-0.4, -0.2) is 30.3 Å². The Morgan fingerprint density at radius 3 is 2.03 bits per heavy atom. The molecule has 1 atom stereocenters. The summed E-state index contributed by atoms with van der Waals surface area (Å²) in [6, 6.07) is 6.16. The van der Waals surface area contributed by atoms with Crippen molar-refractivity contribution in [3.63, 3.8) is 0 Å². The van der Waals surface area contributed by atoms with E-state index in [9.17, 15) is 35.9 Å². The molecule has 0 spiro atoms. The van der Waals surface area contributed by atoms with E-state index in [1.54, 1.807) is 24.3 Å². The molecule has 0 aromatic heterocycles. The Hall–Kier alpha value is -3.39. The molecular formula is C23H19ClF6N2O3. The molecule has 0 bridgehead atoms. The highest BCUT2D eigenvalue weighted by Gasteiger charge is 2.37. The van der Waals surface area contributed by atoms with Gasteiger partial charge in [0, 0.05) is 13.0 Å². The number of amides is 2. The van der Waals surface area contributed by atoms with Crippen molar-refractivity contribution in [1.29, 1.82) is 0 Å². The summed E-state index contributed by atoms with van der Waals surface area (Å²) in [4.78, 5) is 24.4. The van der Waals surface area contributed by atoms with Gasteiger partial charge >= 0.3 is 12.4 Å². The maximum atomic E-state index is 13.1. The predicted molar refractivity (Wildman–Crippen MR) is 115 cm³/mol. The minimum absolute atomic E-state index is 0.00814. The molecule has 0 saturated heterocycles. The Bertz CT molecular complexity index is 1050. The van der Waals surface area contributed by atoms with Gasteiger partial charge in [0.2, 0.25) is 11.8 Å². The number of nitrogens with one attached hydrogen (secondary N) is 2. The summed E-state index contributed by atoms with van der Waals surface area (Å²) >= 11 is 5.48. The average molecular weight is 521 g/mol. The summed E-state index contributed by atoms with van der Waals surface area (Å²) in [5.41, 5.74) is -2.85. The maximum absolute atomic E-state index is 13.1. The quantitative estimate of drug-likeness (QED) is 0.294. The number of terminal acetylenes is 1. The van der Waals surface area contributed by atoms with E-state index in [4.69, 9.17) is 22.8 Å². The van der Waals surface area contributed by atoms with Crippen molar-refractivity contribution in [3.8, 4) is 18.1 Å². The molecule has 0 unspecified atom stereocenters. The van der Waals surface area contributed by atoms with E-state index in [1.807, 2.05) is 0 Å². The lowest BCUT2D eigenvalue weighted by Gasteiger charge is -2.19. The molecule has 0 fully saturated rings. The molecule has 2 aromatic rings. The van der Waals surface area contributed by atoms with Gasteiger partial charge in [0.1, 0.15) is 24.3 Å². The van der Waals surface area contributed by atoms with Crippen LogP contribution in [0.2, 0.25) is 0 Å². The van der Waals surface area contributed by atoms with Crippen LogP contribution in [0.3, 0.4) is 0 Å². The summed E-state index contributed by atoms with van der Waals surface area (Å²) < 4.78 is 83.5. The minimum atomic E-state index is -5.02. The van der Waals surface area contributed by atoms with Crippen LogP contribution in [-0.2, 0) is 34.9 Å².